The first-order chi connectivity index (χ1) is 15.2. The van der Waals surface area contributed by atoms with Crippen molar-refractivity contribution in [3.63, 3.8) is 0 Å². The minimum atomic E-state index is -0.628. The van der Waals surface area contributed by atoms with Crippen molar-refractivity contribution in [2.75, 3.05) is 26.7 Å². The molecule has 32 heavy (non-hydrogen) atoms. The molecule has 1 saturated heterocycles. The molecule has 3 atom stereocenters. The van der Waals surface area contributed by atoms with Gasteiger partial charge in [-0.1, -0.05) is 26.8 Å². The molecule has 2 bridgehead atoms. The molecule has 0 radical (unpaired) electrons. The van der Waals surface area contributed by atoms with E-state index in [0.29, 0.717) is 13.0 Å². The Morgan fingerprint density at radius 1 is 1.19 bits per heavy atom. The molecule has 170 valence electrons. The van der Waals surface area contributed by atoms with Crippen molar-refractivity contribution in [3.05, 3.63) is 47.2 Å². The zero-order chi connectivity index (χ0) is 22.8. The maximum Gasteiger partial charge on any atom is 0.222 e. The van der Waals surface area contributed by atoms with Gasteiger partial charge in [0.2, 0.25) is 5.91 Å². The van der Waals surface area contributed by atoms with Crippen LogP contribution in [0.4, 0.5) is 8.78 Å². The lowest BCUT2D eigenvalue weighted by atomic mass is 9.63. The second kappa shape index (κ2) is 7.30. The number of carbonyl (C=O) groups excluding carboxylic acids is 1. The molecule has 0 N–H and O–H groups in total. The van der Waals surface area contributed by atoms with Crippen LogP contribution in [-0.4, -0.2) is 58.6 Å². The fraction of sp³-hybridized carbons (Fsp3) is 0.560. The van der Waals surface area contributed by atoms with Gasteiger partial charge in [0.25, 0.3) is 0 Å². The van der Waals surface area contributed by atoms with Crippen LogP contribution in [0.15, 0.2) is 24.3 Å². The van der Waals surface area contributed by atoms with Gasteiger partial charge in [0.05, 0.1) is 17.0 Å². The summed E-state index contributed by atoms with van der Waals surface area (Å²) in [5, 5.41) is 8.99. The summed E-state index contributed by atoms with van der Waals surface area (Å²) < 4.78 is 28.9. The Balaban J connectivity index is 1.62. The molecule has 5 nitrogen and oxygen atoms in total. The molecular formula is C25H30F2N4O. The third-order valence-electron chi connectivity index (χ3n) is 8.56. The van der Waals surface area contributed by atoms with Gasteiger partial charge >= 0.3 is 0 Å². The van der Waals surface area contributed by atoms with E-state index in [-0.39, 0.29) is 40.0 Å². The Labute approximate surface area is 187 Å². The minimum absolute atomic E-state index is 0.104. The third kappa shape index (κ3) is 2.73. The maximum atomic E-state index is 14.4. The van der Waals surface area contributed by atoms with Gasteiger partial charge < -0.3 is 4.90 Å². The number of amides is 1. The smallest absolute Gasteiger partial charge is 0.222 e. The second-order valence-corrected chi connectivity index (χ2v) is 10.1. The molecule has 2 aromatic rings. The largest absolute Gasteiger partial charge is 0.340 e. The average Bonchev–Trinajstić information content (AvgIpc) is 3.14. The van der Waals surface area contributed by atoms with Crippen LogP contribution >= 0.6 is 0 Å². The molecule has 3 aliphatic rings. The van der Waals surface area contributed by atoms with Gasteiger partial charge in [-0.2, -0.15) is 10.2 Å². The fourth-order valence-corrected chi connectivity index (χ4v) is 6.83. The molecule has 1 saturated carbocycles. The number of benzene rings is 1. The summed E-state index contributed by atoms with van der Waals surface area (Å²) in [5.74, 6) is -0.831. The van der Waals surface area contributed by atoms with E-state index in [4.69, 9.17) is 0 Å². The van der Waals surface area contributed by atoms with Crippen molar-refractivity contribution in [1.29, 1.82) is 0 Å². The van der Waals surface area contributed by atoms with Crippen molar-refractivity contribution in [2.45, 2.75) is 57.4 Å². The maximum absolute atomic E-state index is 14.4. The molecule has 5 rings (SSSR count). The molecule has 0 spiro atoms. The van der Waals surface area contributed by atoms with E-state index in [0.717, 1.165) is 37.2 Å². The summed E-state index contributed by atoms with van der Waals surface area (Å²) in [6.45, 7) is 8.70. The van der Waals surface area contributed by atoms with Crippen molar-refractivity contribution >= 4 is 5.91 Å². The van der Waals surface area contributed by atoms with Crippen molar-refractivity contribution in [1.82, 2.24) is 20.0 Å². The molecular weight excluding hydrogens is 410 g/mol. The Bertz CT molecular complexity index is 1070. The summed E-state index contributed by atoms with van der Waals surface area (Å²) in [7, 11) is 2.13. The normalized spacial score (nSPS) is 28.8. The lowest BCUT2D eigenvalue weighted by molar-refractivity contribution is -0.135. The van der Waals surface area contributed by atoms with Crippen LogP contribution in [0, 0.1) is 17.0 Å². The Morgan fingerprint density at radius 2 is 1.91 bits per heavy atom. The predicted molar refractivity (Wildman–Crippen MR) is 118 cm³/mol. The van der Waals surface area contributed by atoms with Gasteiger partial charge in [0.15, 0.2) is 0 Å². The van der Waals surface area contributed by atoms with Crippen molar-refractivity contribution in [2.24, 2.45) is 5.41 Å². The third-order valence-corrected chi connectivity index (χ3v) is 8.56. The first-order valence-electron chi connectivity index (χ1n) is 11.5. The van der Waals surface area contributed by atoms with Crippen LogP contribution in [0.5, 0.6) is 0 Å². The number of fused-ring (bicyclic) bond motifs is 5. The number of rotatable bonds is 3. The Morgan fingerprint density at radius 3 is 2.59 bits per heavy atom. The highest BCUT2D eigenvalue weighted by Gasteiger charge is 2.67. The number of carbonyl (C=O) groups is 1. The molecule has 1 aromatic heterocycles. The van der Waals surface area contributed by atoms with Gasteiger partial charge in [0.1, 0.15) is 11.6 Å². The highest BCUT2D eigenvalue weighted by molar-refractivity contribution is 5.76. The fourth-order valence-electron chi connectivity index (χ4n) is 6.83. The standard InChI is InChI=1S/C25H30F2N4O/c1-5-21(32)31-12-11-30(4)20(14-31)25-10-9-16(24(25,2)3)15-13-19(28-29-23(15)25)22-17(26)7-6-8-18(22)27/h6-8,13,16,20H,5,9-12,14H2,1-4H3/t16-,20-,25-/m0/s1. The summed E-state index contributed by atoms with van der Waals surface area (Å²) >= 11 is 0. The average molecular weight is 441 g/mol. The Hall–Kier alpha value is -2.41. The van der Waals surface area contributed by atoms with Crippen LogP contribution in [0.3, 0.4) is 0 Å². The molecule has 2 fully saturated rings. The van der Waals surface area contributed by atoms with Crippen LogP contribution in [-0.2, 0) is 10.2 Å². The molecule has 1 aromatic carbocycles. The lowest BCUT2D eigenvalue weighted by Crippen LogP contribution is -2.63. The van der Waals surface area contributed by atoms with Crippen LogP contribution in [0.2, 0.25) is 0 Å². The topological polar surface area (TPSA) is 49.3 Å². The zero-order valence-corrected chi connectivity index (χ0v) is 19.2. The summed E-state index contributed by atoms with van der Waals surface area (Å²) in [5.41, 5.74) is 1.77. The SMILES string of the molecule is CCC(=O)N1CCN(C)[C@H]([C@@]23CC[C@@H](c4cc(-c5c(F)cccc5F)nnc42)C3(C)C)C1. The van der Waals surface area contributed by atoms with E-state index < -0.39 is 11.6 Å². The quantitative estimate of drug-likeness (QED) is 0.720. The van der Waals surface area contributed by atoms with E-state index in [2.05, 4.69) is 36.0 Å². The van der Waals surface area contributed by atoms with Crippen LogP contribution < -0.4 is 0 Å². The Kier molecular flexibility index (Phi) is 4.89. The van der Waals surface area contributed by atoms with Gasteiger partial charge in [0, 0.05) is 37.5 Å². The highest BCUT2D eigenvalue weighted by atomic mass is 19.1. The lowest BCUT2D eigenvalue weighted by Gasteiger charge is -2.52. The predicted octanol–water partition coefficient (Wildman–Crippen LogP) is 4.13. The van der Waals surface area contributed by atoms with E-state index in [1.54, 1.807) is 0 Å². The number of halogens is 2. The number of piperazine rings is 1. The summed E-state index contributed by atoms with van der Waals surface area (Å²) in [4.78, 5) is 16.9. The molecule has 7 heteroatoms. The number of hydrogen-bond donors (Lipinski definition) is 0. The number of aromatic nitrogens is 2. The van der Waals surface area contributed by atoms with E-state index in [1.165, 1.54) is 18.2 Å². The molecule has 1 aliphatic heterocycles. The van der Waals surface area contributed by atoms with Crippen molar-refractivity contribution in [3.8, 4) is 11.3 Å². The number of hydrogen-bond acceptors (Lipinski definition) is 4. The highest BCUT2D eigenvalue weighted by Crippen LogP contribution is 2.69. The summed E-state index contributed by atoms with van der Waals surface area (Å²) in [6, 6.07) is 5.84. The van der Waals surface area contributed by atoms with Gasteiger partial charge in [-0.05, 0) is 55.0 Å². The number of nitrogens with zero attached hydrogens (tertiary/aromatic N) is 4. The van der Waals surface area contributed by atoms with Crippen LogP contribution in [0.1, 0.15) is 57.2 Å². The first-order valence-corrected chi connectivity index (χ1v) is 11.5. The minimum Gasteiger partial charge on any atom is -0.340 e. The van der Waals surface area contributed by atoms with E-state index >= 15 is 0 Å². The van der Waals surface area contributed by atoms with Crippen molar-refractivity contribution < 1.29 is 13.6 Å². The van der Waals surface area contributed by atoms with Gasteiger partial charge in [-0.3, -0.25) is 9.69 Å². The molecule has 0 unspecified atom stereocenters. The van der Waals surface area contributed by atoms with Gasteiger partial charge in [-0.15, -0.1) is 0 Å². The molecule has 2 aliphatic carbocycles. The monoisotopic (exact) mass is 440 g/mol. The second-order valence-electron chi connectivity index (χ2n) is 10.1. The first kappa shape index (κ1) is 21.4. The molecule has 1 amide bonds. The summed E-state index contributed by atoms with van der Waals surface area (Å²) in [6.07, 6.45) is 2.48. The zero-order valence-electron chi connectivity index (χ0n) is 19.2. The van der Waals surface area contributed by atoms with E-state index in [9.17, 15) is 13.6 Å². The van der Waals surface area contributed by atoms with Gasteiger partial charge in [-0.25, -0.2) is 8.78 Å². The van der Waals surface area contributed by atoms with E-state index in [1.807, 2.05) is 17.9 Å². The van der Waals surface area contributed by atoms with Crippen LogP contribution in [0.25, 0.3) is 11.3 Å². The molecule has 2 heterocycles. The number of likely N-dealkylation sites (N-methyl/N-ethyl adjacent to an activating group) is 1.